The van der Waals surface area contributed by atoms with E-state index in [1.807, 2.05) is 0 Å². The van der Waals surface area contributed by atoms with E-state index in [0.29, 0.717) is 0 Å². The molecule has 1 saturated heterocycles. The van der Waals surface area contributed by atoms with Crippen molar-refractivity contribution in [2.75, 3.05) is 13.1 Å². The third-order valence-electron chi connectivity index (χ3n) is 2.36. The second kappa shape index (κ2) is 4.17. The van der Waals surface area contributed by atoms with Crippen molar-refractivity contribution in [2.45, 2.75) is 19.1 Å². The number of carboxylic acid groups (broad SMARTS) is 1. The third kappa shape index (κ3) is 2.07. The van der Waals surface area contributed by atoms with Gasteiger partial charge in [0.1, 0.15) is 0 Å². The summed E-state index contributed by atoms with van der Waals surface area (Å²) in [5, 5.41) is 21.7. The molecule has 0 spiro atoms. The first-order valence-corrected chi connectivity index (χ1v) is 4.26. The standard InChI is InChI=1S/C7H12N4O3/c1-4-2-11(7(13)14)3-5(6(4)12)9-10-8/h4-6,12H,2-3H2,1H3,(H,13,14). The number of hydrogen-bond donors (Lipinski definition) is 2. The number of azide groups is 1. The molecule has 1 fully saturated rings. The van der Waals surface area contributed by atoms with Crippen LogP contribution >= 0.6 is 0 Å². The van der Waals surface area contributed by atoms with E-state index in [1.165, 1.54) is 0 Å². The van der Waals surface area contributed by atoms with Crippen molar-refractivity contribution in [1.29, 1.82) is 0 Å². The van der Waals surface area contributed by atoms with Crippen LogP contribution in [0.15, 0.2) is 5.11 Å². The third-order valence-corrected chi connectivity index (χ3v) is 2.36. The van der Waals surface area contributed by atoms with Gasteiger partial charge in [0, 0.05) is 23.9 Å². The molecule has 1 rings (SSSR count). The van der Waals surface area contributed by atoms with Gasteiger partial charge in [-0.05, 0) is 5.53 Å². The lowest BCUT2D eigenvalue weighted by atomic mass is 9.93. The number of carbonyl (C=O) groups is 1. The molecular formula is C7H12N4O3. The minimum absolute atomic E-state index is 0.0604. The molecule has 7 heteroatoms. The highest BCUT2D eigenvalue weighted by atomic mass is 16.4. The predicted molar refractivity (Wildman–Crippen MR) is 47.7 cm³/mol. The van der Waals surface area contributed by atoms with E-state index < -0.39 is 18.2 Å². The molecule has 1 heterocycles. The summed E-state index contributed by atoms with van der Waals surface area (Å²) < 4.78 is 0. The Kier molecular flexibility index (Phi) is 3.16. The molecule has 0 aromatic heterocycles. The maximum atomic E-state index is 10.7. The van der Waals surface area contributed by atoms with Gasteiger partial charge in [-0.25, -0.2) is 4.79 Å². The first kappa shape index (κ1) is 10.6. The minimum atomic E-state index is -1.05. The van der Waals surface area contributed by atoms with E-state index in [0.717, 1.165) is 4.90 Å². The van der Waals surface area contributed by atoms with Gasteiger partial charge >= 0.3 is 6.09 Å². The lowest BCUT2D eigenvalue weighted by molar-refractivity contribution is 0.0212. The van der Waals surface area contributed by atoms with E-state index in [2.05, 4.69) is 10.0 Å². The maximum absolute atomic E-state index is 10.7. The molecule has 1 amide bonds. The van der Waals surface area contributed by atoms with Crippen LogP contribution in [-0.2, 0) is 0 Å². The molecular weight excluding hydrogens is 188 g/mol. The van der Waals surface area contributed by atoms with Crippen LogP contribution in [0, 0.1) is 5.92 Å². The molecule has 1 aliphatic rings. The number of rotatable bonds is 1. The van der Waals surface area contributed by atoms with Crippen molar-refractivity contribution in [3.8, 4) is 0 Å². The van der Waals surface area contributed by atoms with Gasteiger partial charge in [-0.15, -0.1) is 0 Å². The molecule has 14 heavy (non-hydrogen) atoms. The monoisotopic (exact) mass is 200 g/mol. The van der Waals surface area contributed by atoms with Crippen molar-refractivity contribution in [3.05, 3.63) is 10.4 Å². The van der Waals surface area contributed by atoms with E-state index in [4.69, 9.17) is 10.6 Å². The number of amides is 1. The normalized spacial score (nSPS) is 32.1. The summed E-state index contributed by atoms with van der Waals surface area (Å²) in [4.78, 5) is 14.4. The maximum Gasteiger partial charge on any atom is 0.407 e. The Morgan fingerprint density at radius 1 is 1.64 bits per heavy atom. The second-order valence-electron chi connectivity index (χ2n) is 3.43. The molecule has 0 saturated carbocycles. The van der Waals surface area contributed by atoms with Gasteiger partial charge in [0.05, 0.1) is 12.1 Å². The summed E-state index contributed by atoms with van der Waals surface area (Å²) in [5.41, 5.74) is 8.23. The Morgan fingerprint density at radius 2 is 2.29 bits per heavy atom. The minimum Gasteiger partial charge on any atom is -0.465 e. The van der Waals surface area contributed by atoms with Gasteiger partial charge in [-0.2, -0.15) is 0 Å². The van der Waals surface area contributed by atoms with Crippen molar-refractivity contribution in [3.63, 3.8) is 0 Å². The van der Waals surface area contributed by atoms with Crippen molar-refractivity contribution >= 4 is 6.09 Å². The highest BCUT2D eigenvalue weighted by Gasteiger charge is 2.34. The zero-order valence-corrected chi connectivity index (χ0v) is 7.74. The quantitative estimate of drug-likeness (QED) is 0.368. The molecule has 78 valence electrons. The van der Waals surface area contributed by atoms with Crippen molar-refractivity contribution in [1.82, 2.24) is 4.90 Å². The molecule has 3 unspecified atom stereocenters. The number of aliphatic hydroxyl groups excluding tert-OH is 1. The van der Waals surface area contributed by atoms with E-state index in [9.17, 15) is 9.90 Å². The molecule has 2 N–H and O–H groups in total. The summed E-state index contributed by atoms with van der Waals surface area (Å²) in [6.07, 6.45) is -1.82. The Labute approximate surface area is 80.6 Å². The molecule has 3 atom stereocenters. The largest absolute Gasteiger partial charge is 0.465 e. The fraction of sp³-hybridized carbons (Fsp3) is 0.857. The lowest BCUT2D eigenvalue weighted by Crippen LogP contribution is -2.52. The molecule has 7 nitrogen and oxygen atoms in total. The van der Waals surface area contributed by atoms with E-state index in [-0.39, 0.29) is 19.0 Å². The first-order chi connectivity index (χ1) is 6.56. The molecule has 0 radical (unpaired) electrons. The smallest absolute Gasteiger partial charge is 0.407 e. The van der Waals surface area contributed by atoms with E-state index >= 15 is 0 Å². The van der Waals surface area contributed by atoms with Gasteiger partial charge in [0.25, 0.3) is 0 Å². The molecule has 0 aromatic carbocycles. The van der Waals surface area contributed by atoms with Crippen LogP contribution in [0.25, 0.3) is 10.4 Å². The second-order valence-corrected chi connectivity index (χ2v) is 3.43. The Balaban J connectivity index is 2.75. The molecule has 0 aromatic rings. The molecule has 1 aliphatic heterocycles. The zero-order chi connectivity index (χ0) is 10.7. The van der Waals surface area contributed by atoms with Crippen LogP contribution in [0.1, 0.15) is 6.92 Å². The summed E-state index contributed by atoms with van der Waals surface area (Å²) in [7, 11) is 0. The number of hydrogen-bond acceptors (Lipinski definition) is 3. The van der Waals surface area contributed by atoms with Crippen LogP contribution in [-0.4, -0.2) is 46.4 Å². The topological polar surface area (TPSA) is 110 Å². The predicted octanol–water partition coefficient (Wildman–Crippen LogP) is 0.656. The Hall–Kier alpha value is -1.46. The summed E-state index contributed by atoms with van der Waals surface area (Å²) in [5.74, 6) is -0.213. The summed E-state index contributed by atoms with van der Waals surface area (Å²) >= 11 is 0. The van der Waals surface area contributed by atoms with Crippen LogP contribution in [0.5, 0.6) is 0 Å². The van der Waals surface area contributed by atoms with Crippen molar-refractivity contribution in [2.24, 2.45) is 11.0 Å². The summed E-state index contributed by atoms with van der Waals surface area (Å²) in [6.45, 7) is 2.05. The first-order valence-electron chi connectivity index (χ1n) is 4.26. The fourth-order valence-electron chi connectivity index (χ4n) is 1.57. The fourth-order valence-corrected chi connectivity index (χ4v) is 1.57. The van der Waals surface area contributed by atoms with Crippen LogP contribution in [0.2, 0.25) is 0 Å². The van der Waals surface area contributed by atoms with E-state index in [1.54, 1.807) is 6.92 Å². The average molecular weight is 200 g/mol. The highest BCUT2D eigenvalue weighted by Crippen LogP contribution is 2.19. The van der Waals surface area contributed by atoms with Crippen LogP contribution in [0.3, 0.4) is 0 Å². The average Bonchev–Trinajstić information content (AvgIpc) is 2.12. The van der Waals surface area contributed by atoms with Gasteiger partial charge in [0.2, 0.25) is 0 Å². The Morgan fingerprint density at radius 3 is 2.79 bits per heavy atom. The lowest BCUT2D eigenvalue weighted by Gasteiger charge is -2.36. The highest BCUT2D eigenvalue weighted by molar-refractivity contribution is 5.65. The molecule has 0 aliphatic carbocycles. The van der Waals surface area contributed by atoms with Gasteiger partial charge in [-0.1, -0.05) is 12.0 Å². The van der Waals surface area contributed by atoms with Gasteiger partial charge in [0.15, 0.2) is 0 Å². The zero-order valence-electron chi connectivity index (χ0n) is 7.74. The van der Waals surface area contributed by atoms with Crippen LogP contribution < -0.4 is 0 Å². The van der Waals surface area contributed by atoms with Gasteiger partial charge in [-0.3, -0.25) is 0 Å². The SMILES string of the molecule is CC1CN(C(=O)O)CC(N=[N+]=[N-])C1O. The Bertz CT molecular complexity index is 276. The number of likely N-dealkylation sites (tertiary alicyclic amines) is 1. The van der Waals surface area contributed by atoms with Gasteiger partial charge < -0.3 is 15.1 Å². The van der Waals surface area contributed by atoms with Crippen molar-refractivity contribution < 1.29 is 15.0 Å². The summed E-state index contributed by atoms with van der Waals surface area (Å²) in [6, 6.07) is -0.681. The number of aliphatic hydroxyl groups is 1. The number of nitrogens with zero attached hydrogens (tertiary/aromatic N) is 4. The van der Waals surface area contributed by atoms with Crippen LogP contribution in [0.4, 0.5) is 4.79 Å². The number of piperidine rings is 1. The molecule has 0 bridgehead atoms.